The fourth-order valence-corrected chi connectivity index (χ4v) is 3.63. The molecule has 31 heavy (non-hydrogen) atoms. The SMILES string of the molecule is COc1cc(C=C2SC(=O)NC2=O)ccc1OCCCOc1ccc(C(C)(C)C)cc1. The summed E-state index contributed by atoms with van der Waals surface area (Å²) < 4.78 is 17.0. The molecule has 1 N–H and O–H groups in total. The number of carbonyl (C=O) groups excluding carboxylic acids is 2. The number of hydrogen-bond donors (Lipinski definition) is 1. The van der Waals surface area contributed by atoms with Crippen LogP contribution in [-0.4, -0.2) is 31.5 Å². The maximum absolute atomic E-state index is 11.7. The molecule has 1 heterocycles. The van der Waals surface area contributed by atoms with E-state index in [1.807, 2.05) is 18.2 Å². The van der Waals surface area contributed by atoms with Crippen molar-refractivity contribution in [3.63, 3.8) is 0 Å². The summed E-state index contributed by atoms with van der Waals surface area (Å²) in [7, 11) is 1.56. The number of thioether (sulfide) groups is 1. The Balaban J connectivity index is 1.49. The molecule has 6 nitrogen and oxygen atoms in total. The van der Waals surface area contributed by atoms with Gasteiger partial charge in [0.15, 0.2) is 11.5 Å². The van der Waals surface area contributed by atoms with Crippen molar-refractivity contribution >= 4 is 29.0 Å². The molecule has 0 atom stereocenters. The highest BCUT2D eigenvalue weighted by Crippen LogP contribution is 2.31. The van der Waals surface area contributed by atoms with Gasteiger partial charge in [-0.2, -0.15) is 0 Å². The van der Waals surface area contributed by atoms with Crippen LogP contribution in [0.5, 0.6) is 17.2 Å². The number of rotatable bonds is 8. The molecule has 0 aliphatic carbocycles. The molecule has 0 unspecified atom stereocenters. The molecule has 0 spiro atoms. The number of hydrogen-bond acceptors (Lipinski definition) is 6. The van der Waals surface area contributed by atoms with E-state index >= 15 is 0 Å². The van der Waals surface area contributed by atoms with E-state index in [0.29, 0.717) is 29.6 Å². The van der Waals surface area contributed by atoms with E-state index in [1.54, 1.807) is 25.3 Å². The molecule has 1 fully saturated rings. The highest BCUT2D eigenvalue weighted by molar-refractivity contribution is 8.18. The number of ether oxygens (including phenoxy) is 3. The zero-order valence-corrected chi connectivity index (χ0v) is 19.0. The van der Waals surface area contributed by atoms with Crippen LogP contribution in [0.2, 0.25) is 0 Å². The average molecular weight is 442 g/mol. The van der Waals surface area contributed by atoms with Crippen LogP contribution >= 0.6 is 11.8 Å². The quantitative estimate of drug-likeness (QED) is 0.450. The largest absolute Gasteiger partial charge is 0.493 e. The molecule has 2 aromatic carbocycles. The lowest BCUT2D eigenvalue weighted by Gasteiger charge is -2.19. The van der Waals surface area contributed by atoms with Gasteiger partial charge in [-0.15, -0.1) is 0 Å². The highest BCUT2D eigenvalue weighted by Gasteiger charge is 2.25. The molecule has 3 rings (SSSR count). The second-order valence-corrected chi connectivity index (χ2v) is 9.10. The highest BCUT2D eigenvalue weighted by atomic mass is 32.2. The first-order valence-electron chi connectivity index (χ1n) is 10.1. The summed E-state index contributed by atoms with van der Waals surface area (Å²) in [5.41, 5.74) is 2.14. The first-order chi connectivity index (χ1) is 14.8. The third kappa shape index (κ3) is 6.28. The molecule has 164 valence electrons. The van der Waals surface area contributed by atoms with Gasteiger partial charge in [0.2, 0.25) is 0 Å². The minimum absolute atomic E-state index is 0.122. The number of methoxy groups -OCH3 is 1. The lowest BCUT2D eigenvalue weighted by Crippen LogP contribution is -2.17. The van der Waals surface area contributed by atoms with Gasteiger partial charge < -0.3 is 14.2 Å². The number of benzene rings is 2. The molecular weight excluding hydrogens is 414 g/mol. The predicted molar refractivity (Wildman–Crippen MR) is 123 cm³/mol. The molecule has 1 aliphatic heterocycles. The molecule has 2 amide bonds. The van der Waals surface area contributed by atoms with Crippen LogP contribution < -0.4 is 19.5 Å². The summed E-state index contributed by atoms with van der Waals surface area (Å²) >= 11 is 0.881. The maximum atomic E-state index is 11.7. The van der Waals surface area contributed by atoms with Crippen LogP contribution in [0.1, 0.15) is 38.3 Å². The Hall–Kier alpha value is -2.93. The van der Waals surface area contributed by atoms with E-state index in [0.717, 1.165) is 29.5 Å². The normalized spacial score (nSPS) is 15.2. The van der Waals surface area contributed by atoms with Crippen molar-refractivity contribution in [1.29, 1.82) is 0 Å². The van der Waals surface area contributed by atoms with Crippen molar-refractivity contribution in [3.05, 3.63) is 58.5 Å². The Morgan fingerprint density at radius 3 is 2.29 bits per heavy atom. The third-order valence-electron chi connectivity index (χ3n) is 4.66. The maximum Gasteiger partial charge on any atom is 0.290 e. The molecule has 0 bridgehead atoms. The zero-order valence-electron chi connectivity index (χ0n) is 18.2. The Labute approximate surface area is 187 Å². The van der Waals surface area contributed by atoms with Gasteiger partial charge >= 0.3 is 0 Å². The standard InChI is InChI=1S/C24H27NO5S/c1-24(2,3)17-7-9-18(10-8-17)29-12-5-13-30-19-11-6-16(14-20(19)28-4)15-21-22(26)25-23(27)31-21/h6-11,14-15H,5,12-13H2,1-4H3,(H,25,26,27). The van der Waals surface area contributed by atoms with Gasteiger partial charge in [0.05, 0.1) is 25.2 Å². The van der Waals surface area contributed by atoms with Crippen LogP contribution in [-0.2, 0) is 10.2 Å². The summed E-state index contributed by atoms with van der Waals surface area (Å²) in [4.78, 5) is 23.3. The molecular formula is C24H27NO5S. The van der Waals surface area contributed by atoms with E-state index in [-0.39, 0.29) is 16.6 Å². The third-order valence-corrected chi connectivity index (χ3v) is 5.47. The van der Waals surface area contributed by atoms with Crippen molar-refractivity contribution in [2.45, 2.75) is 32.6 Å². The number of imide groups is 1. The minimum Gasteiger partial charge on any atom is -0.493 e. The fourth-order valence-electron chi connectivity index (χ4n) is 2.95. The molecule has 2 aromatic rings. The van der Waals surface area contributed by atoms with Gasteiger partial charge in [0, 0.05) is 6.42 Å². The lowest BCUT2D eigenvalue weighted by atomic mass is 9.87. The van der Waals surface area contributed by atoms with Gasteiger partial charge in [-0.05, 0) is 58.6 Å². The molecule has 7 heteroatoms. The van der Waals surface area contributed by atoms with Gasteiger partial charge in [0.1, 0.15) is 5.75 Å². The van der Waals surface area contributed by atoms with Crippen LogP contribution in [0.4, 0.5) is 4.79 Å². The zero-order chi connectivity index (χ0) is 22.4. The van der Waals surface area contributed by atoms with Crippen molar-refractivity contribution in [2.24, 2.45) is 0 Å². The first-order valence-corrected chi connectivity index (χ1v) is 10.9. The van der Waals surface area contributed by atoms with Crippen molar-refractivity contribution in [2.75, 3.05) is 20.3 Å². The van der Waals surface area contributed by atoms with Crippen LogP contribution in [0, 0.1) is 0 Å². The Morgan fingerprint density at radius 1 is 0.968 bits per heavy atom. The number of carbonyl (C=O) groups is 2. The minimum atomic E-state index is -0.387. The average Bonchev–Trinajstić information content (AvgIpc) is 3.04. The van der Waals surface area contributed by atoms with Gasteiger partial charge in [-0.25, -0.2) is 0 Å². The predicted octanol–water partition coefficient (Wildman–Crippen LogP) is 5.16. The van der Waals surface area contributed by atoms with E-state index in [9.17, 15) is 9.59 Å². The van der Waals surface area contributed by atoms with Crippen molar-refractivity contribution < 1.29 is 23.8 Å². The van der Waals surface area contributed by atoms with E-state index < -0.39 is 0 Å². The summed E-state index contributed by atoms with van der Waals surface area (Å²) in [5, 5.41) is 1.87. The van der Waals surface area contributed by atoms with Gasteiger partial charge in [-0.1, -0.05) is 39.0 Å². The Bertz CT molecular complexity index is 976. The second-order valence-electron chi connectivity index (χ2n) is 8.09. The molecule has 1 saturated heterocycles. The lowest BCUT2D eigenvalue weighted by molar-refractivity contribution is -0.115. The monoisotopic (exact) mass is 441 g/mol. The molecule has 0 aromatic heterocycles. The van der Waals surface area contributed by atoms with E-state index in [4.69, 9.17) is 14.2 Å². The number of amides is 2. The van der Waals surface area contributed by atoms with Gasteiger partial charge in [0.25, 0.3) is 11.1 Å². The smallest absolute Gasteiger partial charge is 0.290 e. The summed E-state index contributed by atoms with van der Waals surface area (Å²) in [6.07, 6.45) is 2.37. The Morgan fingerprint density at radius 2 is 1.68 bits per heavy atom. The van der Waals surface area contributed by atoms with Crippen molar-refractivity contribution in [1.82, 2.24) is 5.32 Å². The Kier molecular flexibility index (Phi) is 7.28. The van der Waals surface area contributed by atoms with Crippen LogP contribution in [0.3, 0.4) is 0 Å². The molecule has 1 aliphatic rings. The van der Waals surface area contributed by atoms with E-state index in [1.165, 1.54) is 5.56 Å². The van der Waals surface area contributed by atoms with Crippen LogP contribution in [0.15, 0.2) is 47.4 Å². The summed E-state index contributed by atoms with van der Waals surface area (Å²) in [6.45, 7) is 7.57. The topological polar surface area (TPSA) is 73.9 Å². The second kappa shape index (κ2) is 9.92. The van der Waals surface area contributed by atoms with Crippen molar-refractivity contribution in [3.8, 4) is 17.2 Å². The molecule has 0 saturated carbocycles. The number of nitrogens with one attached hydrogen (secondary N) is 1. The first kappa shape index (κ1) is 22.7. The summed E-state index contributed by atoms with van der Waals surface area (Å²) in [5.74, 6) is 1.62. The van der Waals surface area contributed by atoms with Gasteiger partial charge in [-0.3, -0.25) is 14.9 Å². The van der Waals surface area contributed by atoms with E-state index in [2.05, 4.69) is 38.2 Å². The summed E-state index contributed by atoms with van der Waals surface area (Å²) in [6, 6.07) is 13.5. The van der Waals surface area contributed by atoms with Crippen LogP contribution in [0.25, 0.3) is 6.08 Å². The fraction of sp³-hybridized carbons (Fsp3) is 0.333. The molecule has 0 radical (unpaired) electrons.